The third-order valence-corrected chi connectivity index (χ3v) is 5.37. The van der Waals surface area contributed by atoms with E-state index in [-0.39, 0.29) is 5.56 Å². The topological polar surface area (TPSA) is 52.6 Å². The largest absolute Gasteiger partial charge is 0.305 e. The first-order chi connectivity index (χ1) is 11.5. The summed E-state index contributed by atoms with van der Waals surface area (Å²) in [7, 11) is 2.12. The Kier molecular flexibility index (Phi) is 6.75. The van der Waals surface area contributed by atoms with Gasteiger partial charge in [0.25, 0.3) is 5.91 Å². The summed E-state index contributed by atoms with van der Waals surface area (Å²) in [6.07, 6.45) is 8.49. The molecule has 2 N–H and O–H groups in total. The lowest BCUT2D eigenvalue weighted by Crippen LogP contribution is -2.37. The van der Waals surface area contributed by atoms with E-state index in [0.717, 1.165) is 24.7 Å². The smallest absolute Gasteiger partial charge is 0.274 e. The molecule has 1 aromatic carbocycles. The predicted octanol–water partition coefficient (Wildman–Crippen LogP) is 3.78. The van der Waals surface area contributed by atoms with Crippen LogP contribution in [0.15, 0.2) is 18.2 Å². The quantitative estimate of drug-likeness (QED) is 0.588. The number of amides is 1. The molecule has 0 bridgehead atoms. The zero-order valence-corrected chi connectivity index (χ0v) is 14.8. The highest BCUT2D eigenvalue weighted by Crippen LogP contribution is 2.39. The number of nitrogens with zero attached hydrogens (tertiary/aromatic N) is 1. The van der Waals surface area contributed by atoms with Crippen molar-refractivity contribution < 1.29 is 14.4 Å². The predicted molar refractivity (Wildman–Crippen MR) is 92.7 cm³/mol. The summed E-state index contributed by atoms with van der Waals surface area (Å²) < 4.78 is 13.7. The second kappa shape index (κ2) is 8.58. The zero-order chi connectivity index (χ0) is 17.6. The molecule has 0 aliphatic heterocycles. The van der Waals surface area contributed by atoms with Crippen molar-refractivity contribution >= 4 is 5.91 Å². The van der Waals surface area contributed by atoms with Gasteiger partial charge in [-0.2, -0.15) is 0 Å². The van der Waals surface area contributed by atoms with Gasteiger partial charge >= 0.3 is 0 Å². The van der Waals surface area contributed by atoms with Crippen LogP contribution >= 0.6 is 0 Å². The normalized spacial score (nSPS) is 17.0. The van der Waals surface area contributed by atoms with E-state index in [4.69, 9.17) is 5.21 Å². The average molecular weight is 336 g/mol. The summed E-state index contributed by atoms with van der Waals surface area (Å²) in [6.45, 7) is 4.18. The second-order valence-electron chi connectivity index (χ2n) is 7.19. The Bertz CT molecular complexity index is 556. The Balaban J connectivity index is 1.94. The number of rotatable bonds is 7. The molecule has 0 saturated heterocycles. The molecule has 0 aromatic heterocycles. The first kappa shape index (κ1) is 18.9. The molecule has 0 heterocycles. The first-order valence-corrected chi connectivity index (χ1v) is 8.90. The second-order valence-corrected chi connectivity index (χ2v) is 7.19. The van der Waals surface area contributed by atoms with E-state index in [0.29, 0.717) is 11.8 Å². The first-order valence-electron chi connectivity index (χ1n) is 8.90. The highest BCUT2D eigenvalue weighted by Gasteiger charge is 2.31. The maximum absolute atomic E-state index is 13.7. The number of halogens is 1. The van der Waals surface area contributed by atoms with Crippen LogP contribution in [0.4, 0.5) is 4.39 Å². The van der Waals surface area contributed by atoms with Crippen molar-refractivity contribution in [1.82, 2.24) is 10.4 Å². The van der Waals surface area contributed by atoms with Crippen molar-refractivity contribution in [2.24, 2.45) is 5.41 Å². The number of nitrogens with one attached hydrogen (secondary N) is 1. The monoisotopic (exact) mass is 336 g/mol. The van der Waals surface area contributed by atoms with E-state index in [1.807, 2.05) is 0 Å². The summed E-state index contributed by atoms with van der Waals surface area (Å²) in [5, 5.41) is 8.70. The molecule has 4 nitrogen and oxygen atoms in total. The molecule has 134 valence electrons. The van der Waals surface area contributed by atoms with Crippen LogP contribution in [0.5, 0.6) is 0 Å². The van der Waals surface area contributed by atoms with Gasteiger partial charge in [-0.1, -0.05) is 26.2 Å². The number of carbonyl (C=O) groups excluding carboxylic acids is 1. The summed E-state index contributed by atoms with van der Waals surface area (Å²) in [5.74, 6) is -1.14. The van der Waals surface area contributed by atoms with Crippen LogP contribution in [-0.2, 0) is 6.42 Å². The van der Waals surface area contributed by atoms with Crippen molar-refractivity contribution in [3.8, 4) is 0 Å². The molecule has 1 aliphatic rings. The third-order valence-electron chi connectivity index (χ3n) is 5.37. The molecule has 24 heavy (non-hydrogen) atoms. The summed E-state index contributed by atoms with van der Waals surface area (Å²) in [5.41, 5.74) is 2.90. The molecule has 1 saturated carbocycles. The van der Waals surface area contributed by atoms with Crippen LogP contribution in [0.3, 0.4) is 0 Å². The van der Waals surface area contributed by atoms with Gasteiger partial charge in [-0.3, -0.25) is 10.0 Å². The van der Waals surface area contributed by atoms with Crippen LogP contribution < -0.4 is 5.48 Å². The SMILES string of the molecule is CCC1(CN(C)CCc2cc(F)cc(C(=O)NO)c2)CCCCC1. The minimum atomic E-state index is -0.684. The standard InChI is InChI=1S/C19H29FN2O2/c1-3-19(8-5-4-6-9-19)14-22(2)10-7-15-11-16(18(23)21-24)13-17(20)12-15/h11-13,24H,3-10,14H2,1-2H3,(H,21,23). The van der Waals surface area contributed by atoms with Gasteiger partial charge in [-0.25, -0.2) is 9.87 Å². The molecule has 1 aromatic rings. The molecule has 0 spiro atoms. The van der Waals surface area contributed by atoms with Crippen LogP contribution in [0.1, 0.15) is 61.4 Å². The van der Waals surface area contributed by atoms with Crippen LogP contribution in [0, 0.1) is 11.2 Å². The van der Waals surface area contributed by atoms with Crippen molar-refractivity contribution in [3.63, 3.8) is 0 Å². The Labute approximate surface area is 144 Å². The number of hydrogen-bond acceptors (Lipinski definition) is 3. The van der Waals surface area contributed by atoms with Gasteiger partial charge in [0.05, 0.1) is 0 Å². The van der Waals surface area contributed by atoms with Crippen LogP contribution in [-0.4, -0.2) is 36.2 Å². The minimum Gasteiger partial charge on any atom is -0.305 e. The van der Waals surface area contributed by atoms with E-state index in [9.17, 15) is 9.18 Å². The van der Waals surface area contributed by atoms with E-state index in [1.165, 1.54) is 44.6 Å². The van der Waals surface area contributed by atoms with Crippen molar-refractivity contribution in [1.29, 1.82) is 0 Å². The van der Waals surface area contributed by atoms with Gasteiger partial charge in [0.2, 0.25) is 0 Å². The number of likely N-dealkylation sites (N-methyl/N-ethyl adjacent to an activating group) is 1. The van der Waals surface area contributed by atoms with Crippen molar-refractivity contribution in [2.45, 2.75) is 51.9 Å². The molecule has 1 aliphatic carbocycles. The molecule has 0 atom stereocenters. The molecule has 1 amide bonds. The number of hydrogen-bond donors (Lipinski definition) is 2. The molecule has 0 unspecified atom stereocenters. The van der Waals surface area contributed by atoms with Gasteiger partial charge in [0.15, 0.2) is 0 Å². The summed E-state index contributed by atoms with van der Waals surface area (Å²) >= 11 is 0. The molecule has 1 fully saturated rings. The third kappa shape index (κ3) is 5.02. The van der Waals surface area contributed by atoms with Gasteiger partial charge in [0.1, 0.15) is 5.82 Å². The van der Waals surface area contributed by atoms with Crippen LogP contribution in [0.2, 0.25) is 0 Å². The van der Waals surface area contributed by atoms with Gasteiger partial charge in [-0.15, -0.1) is 0 Å². The zero-order valence-electron chi connectivity index (χ0n) is 14.8. The molecular formula is C19H29FN2O2. The fraction of sp³-hybridized carbons (Fsp3) is 0.632. The fourth-order valence-electron chi connectivity index (χ4n) is 3.89. The average Bonchev–Trinajstić information content (AvgIpc) is 2.59. The van der Waals surface area contributed by atoms with E-state index >= 15 is 0 Å². The Morgan fingerprint density at radius 2 is 2.00 bits per heavy atom. The lowest BCUT2D eigenvalue weighted by Gasteiger charge is -2.39. The van der Waals surface area contributed by atoms with E-state index in [1.54, 1.807) is 11.5 Å². The highest BCUT2D eigenvalue weighted by atomic mass is 19.1. The Morgan fingerprint density at radius 3 is 2.62 bits per heavy atom. The molecule has 2 rings (SSSR count). The summed E-state index contributed by atoms with van der Waals surface area (Å²) in [4.78, 5) is 13.8. The minimum absolute atomic E-state index is 0.146. The fourth-order valence-corrected chi connectivity index (χ4v) is 3.89. The molecule has 5 heteroatoms. The van der Waals surface area contributed by atoms with Crippen molar-refractivity contribution in [2.75, 3.05) is 20.1 Å². The van der Waals surface area contributed by atoms with Gasteiger partial charge < -0.3 is 4.90 Å². The Morgan fingerprint density at radius 1 is 1.29 bits per heavy atom. The lowest BCUT2D eigenvalue weighted by atomic mass is 9.72. The highest BCUT2D eigenvalue weighted by molar-refractivity contribution is 5.93. The van der Waals surface area contributed by atoms with Crippen LogP contribution in [0.25, 0.3) is 0 Å². The maximum Gasteiger partial charge on any atom is 0.274 e. The number of benzene rings is 1. The van der Waals surface area contributed by atoms with Gasteiger partial charge in [0, 0.05) is 18.7 Å². The molecule has 0 radical (unpaired) electrons. The number of hydroxylamine groups is 1. The van der Waals surface area contributed by atoms with E-state index in [2.05, 4.69) is 18.9 Å². The molecular weight excluding hydrogens is 307 g/mol. The van der Waals surface area contributed by atoms with Gasteiger partial charge in [-0.05, 0) is 61.9 Å². The number of carbonyl (C=O) groups is 1. The van der Waals surface area contributed by atoms with E-state index < -0.39 is 11.7 Å². The maximum atomic E-state index is 13.7. The summed E-state index contributed by atoms with van der Waals surface area (Å²) in [6, 6.07) is 4.23. The Hall–Kier alpha value is -1.46. The lowest BCUT2D eigenvalue weighted by molar-refractivity contribution is 0.0705. The van der Waals surface area contributed by atoms with Crippen molar-refractivity contribution in [3.05, 3.63) is 35.1 Å².